The van der Waals surface area contributed by atoms with E-state index in [1.807, 2.05) is 79.1 Å². The molecule has 0 unspecified atom stereocenters. The Labute approximate surface area is 202 Å². The van der Waals surface area contributed by atoms with Crippen LogP contribution >= 0.6 is 11.8 Å². The van der Waals surface area contributed by atoms with E-state index in [2.05, 4.69) is 19.9 Å². The second kappa shape index (κ2) is 10.9. The van der Waals surface area contributed by atoms with Crippen molar-refractivity contribution in [2.45, 2.75) is 13.1 Å². The van der Waals surface area contributed by atoms with Crippen LogP contribution in [0.4, 0.5) is 0 Å². The van der Waals surface area contributed by atoms with E-state index in [1.54, 1.807) is 14.2 Å². The van der Waals surface area contributed by atoms with Gasteiger partial charge in [0.15, 0.2) is 11.0 Å². The minimum absolute atomic E-state index is 0.224. The van der Waals surface area contributed by atoms with Gasteiger partial charge in [-0.3, -0.25) is 4.79 Å². The minimum atomic E-state index is -0.407. The highest BCUT2D eigenvalue weighted by Crippen LogP contribution is 2.20. The molecule has 0 aliphatic heterocycles. The first-order chi connectivity index (χ1) is 16.6. The van der Waals surface area contributed by atoms with Gasteiger partial charge in [0, 0.05) is 13.1 Å². The Morgan fingerprint density at radius 1 is 0.912 bits per heavy atom. The number of nitrogens with one attached hydrogen (secondary N) is 1. The minimum Gasteiger partial charge on any atom is -0.497 e. The van der Waals surface area contributed by atoms with Crippen LogP contribution in [0.1, 0.15) is 21.7 Å². The summed E-state index contributed by atoms with van der Waals surface area (Å²) in [6, 6.07) is 23.3. The largest absolute Gasteiger partial charge is 0.497 e. The Bertz CT molecular complexity index is 1200. The predicted molar refractivity (Wildman–Crippen MR) is 137 cm³/mol. The Kier molecular flexibility index (Phi) is 7.49. The van der Waals surface area contributed by atoms with Crippen molar-refractivity contribution < 1.29 is 14.3 Å². The normalized spacial score (nSPS) is 11.4. The van der Waals surface area contributed by atoms with Gasteiger partial charge in [-0.05, 0) is 53.8 Å². The zero-order chi connectivity index (χ0) is 23.9. The second-order valence-electron chi connectivity index (χ2n) is 7.56. The number of benzene rings is 3. The van der Waals surface area contributed by atoms with Gasteiger partial charge < -0.3 is 19.4 Å². The molecule has 1 N–H and O–H groups in total. The number of fused-ring (bicyclic) bond motifs is 1. The summed E-state index contributed by atoms with van der Waals surface area (Å²) in [5, 5.41) is 0.608. The van der Waals surface area contributed by atoms with E-state index in [0.29, 0.717) is 18.3 Å². The van der Waals surface area contributed by atoms with Crippen molar-refractivity contribution in [3.63, 3.8) is 0 Å². The van der Waals surface area contributed by atoms with Gasteiger partial charge in [0.25, 0.3) is 0 Å². The molecule has 0 fully saturated rings. The Morgan fingerprint density at radius 3 is 1.97 bits per heavy atom. The molecule has 0 spiro atoms. The fraction of sp³-hybridized carbons (Fsp3) is 0.192. The molecule has 1 amide bonds. The molecule has 3 aromatic carbocycles. The van der Waals surface area contributed by atoms with Crippen LogP contribution in [0, 0.1) is 0 Å². The SMILES string of the molecule is COc1ccc(CN(Cc2ccc(OC)cc2)/C(=N/C(=O)c2nc3ccccc3[nH]2)SC)cc1. The smallest absolute Gasteiger partial charge is 0.315 e. The maximum atomic E-state index is 13.0. The average Bonchev–Trinajstić information content (AvgIpc) is 3.32. The number of carbonyl (C=O) groups excluding carboxylic acids is 1. The van der Waals surface area contributed by atoms with Gasteiger partial charge in [-0.25, -0.2) is 4.98 Å². The zero-order valence-electron chi connectivity index (χ0n) is 19.3. The Hall–Kier alpha value is -3.78. The molecule has 0 aliphatic carbocycles. The monoisotopic (exact) mass is 474 g/mol. The van der Waals surface area contributed by atoms with E-state index in [0.717, 1.165) is 33.7 Å². The molecule has 1 heterocycles. The van der Waals surface area contributed by atoms with Crippen molar-refractivity contribution >= 4 is 33.9 Å². The molecule has 4 rings (SSSR count). The van der Waals surface area contributed by atoms with Crippen molar-refractivity contribution in [1.82, 2.24) is 14.9 Å². The summed E-state index contributed by atoms with van der Waals surface area (Å²) >= 11 is 1.43. The first-order valence-electron chi connectivity index (χ1n) is 10.7. The molecule has 0 atom stereocenters. The van der Waals surface area contributed by atoms with E-state index < -0.39 is 5.91 Å². The third kappa shape index (κ3) is 5.58. The number of para-hydroxylation sites is 2. The highest BCUT2D eigenvalue weighted by Gasteiger charge is 2.17. The molecule has 34 heavy (non-hydrogen) atoms. The number of carbonyl (C=O) groups is 1. The predicted octanol–water partition coefficient (Wildman–Crippen LogP) is 5.14. The van der Waals surface area contributed by atoms with Crippen molar-refractivity contribution in [2.75, 3.05) is 20.5 Å². The van der Waals surface area contributed by atoms with Crippen LogP contribution in [0.15, 0.2) is 77.8 Å². The van der Waals surface area contributed by atoms with Gasteiger partial charge in [-0.2, -0.15) is 4.99 Å². The number of amides is 1. The molecule has 0 saturated heterocycles. The Balaban J connectivity index is 1.63. The van der Waals surface area contributed by atoms with Crippen LogP contribution in [0.2, 0.25) is 0 Å². The first kappa shape index (κ1) is 23.4. The number of hydrogen-bond donors (Lipinski definition) is 1. The van der Waals surface area contributed by atoms with E-state index in [9.17, 15) is 4.79 Å². The number of rotatable bonds is 7. The van der Waals surface area contributed by atoms with Crippen molar-refractivity contribution in [2.24, 2.45) is 4.99 Å². The molecule has 0 saturated carbocycles. The molecule has 4 aromatic rings. The molecule has 0 bridgehead atoms. The van der Waals surface area contributed by atoms with Gasteiger partial charge in [0.05, 0.1) is 25.3 Å². The average molecular weight is 475 g/mol. The molecule has 174 valence electrons. The lowest BCUT2D eigenvalue weighted by Crippen LogP contribution is -2.29. The van der Waals surface area contributed by atoms with E-state index >= 15 is 0 Å². The topological polar surface area (TPSA) is 79.8 Å². The third-order valence-corrected chi connectivity index (χ3v) is 6.02. The lowest BCUT2D eigenvalue weighted by atomic mass is 10.1. The highest BCUT2D eigenvalue weighted by molar-refractivity contribution is 8.13. The number of aliphatic imine (C=N–C) groups is 1. The molecule has 0 aliphatic rings. The van der Waals surface area contributed by atoms with E-state index in [-0.39, 0.29) is 5.82 Å². The number of aromatic amines is 1. The third-order valence-electron chi connectivity index (χ3n) is 5.31. The summed E-state index contributed by atoms with van der Waals surface area (Å²) in [6.45, 7) is 1.15. The molecule has 8 heteroatoms. The summed E-state index contributed by atoms with van der Waals surface area (Å²) < 4.78 is 10.6. The number of nitrogens with zero attached hydrogens (tertiary/aromatic N) is 3. The van der Waals surface area contributed by atoms with Gasteiger partial charge >= 0.3 is 5.91 Å². The van der Waals surface area contributed by atoms with Crippen LogP contribution in [0.25, 0.3) is 11.0 Å². The number of H-pyrrole nitrogens is 1. The maximum absolute atomic E-state index is 13.0. The van der Waals surface area contributed by atoms with Crippen LogP contribution < -0.4 is 9.47 Å². The number of hydrogen-bond acceptors (Lipinski definition) is 5. The van der Waals surface area contributed by atoms with Crippen molar-refractivity contribution in [1.29, 1.82) is 0 Å². The van der Waals surface area contributed by atoms with Crippen LogP contribution in [0.5, 0.6) is 11.5 Å². The fourth-order valence-electron chi connectivity index (χ4n) is 3.53. The number of imidazole rings is 1. The molecule has 1 aromatic heterocycles. The van der Waals surface area contributed by atoms with E-state index in [4.69, 9.17) is 9.47 Å². The first-order valence-corrected chi connectivity index (χ1v) is 11.9. The number of thioether (sulfide) groups is 1. The molecule has 7 nitrogen and oxygen atoms in total. The summed E-state index contributed by atoms with van der Waals surface area (Å²) in [4.78, 5) is 27.0. The van der Waals surface area contributed by atoms with Crippen LogP contribution in [0.3, 0.4) is 0 Å². The lowest BCUT2D eigenvalue weighted by Gasteiger charge is -2.25. The zero-order valence-corrected chi connectivity index (χ0v) is 20.1. The van der Waals surface area contributed by atoms with Crippen molar-refractivity contribution in [3.8, 4) is 11.5 Å². The molecular formula is C26H26N4O3S. The summed E-state index contributed by atoms with van der Waals surface area (Å²) in [6.07, 6.45) is 1.92. The van der Waals surface area contributed by atoms with Gasteiger partial charge in [0.2, 0.25) is 0 Å². The summed E-state index contributed by atoms with van der Waals surface area (Å²) in [7, 11) is 3.29. The standard InChI is InChI=1S/C26H26N4O3S/c1-32-20-12-8-18(9-13-20)16-30(17-19-10-14-21(33-2)15-11-19)26(34-3)29-25(31)24-27-22-6-4-5-7-23(22)28-24/h4-15H,16-17H2,1-3H3,(H,27,28)/b29-26-. The number of methoxy groups -OCH3 is 2. The highest BCUT2D eigenvalue weighted by atomic mass is 32.2. The quantitative estimate of drug-likeness (QED) is 0.295. The maximum Gasteiger partial charge on any atom is 0.315 e. The second-order valence-corrected chi connectivity index (χ2v) is 8.33. The molecule has 0 radical (unpaired) electrons. The van der Waals surface area contributed by atoms with Gasteiger partial charge in [0.1, 0.15) is 11.5 Å². The van der Waals surface area contributed by atoms with Crippen molar-refractivity contribution in [3.05, 3.63) is 89.7 Å². The summed E-state index contributed by atoms with van der Waals surface area (Å²) in [5.41, 5.74) is 3.69. The van der Waals surface area contributed by atoms with Gasteiger partial charge in [-0.15, -0.1) is 0 Å². The summed E-state index contributed by atoms with van der Waals surface area (Å²) in [5.74, 6) is 1.41. The number of ether oxygens (including phenoxy) is 2. The number of amidine groups is 1. The fourth-order valence-corrected chi connectivity index (χ4v) is 4.09. The van der Waals surface area contributed by atoms with E-state index in [1.165, 1.54) is 11.8 Å². The molecular weight excluding hydrogens is 448 g/mol. The lowest BCUT2D eigenvalue weighted by molar-refractivity contribution is 0.0993. The number of aromatic nitrogens is 2. The van der Waals surface area contributed by atoms with Crippen LogP contribution in [-0.4, -0.2) is 46.4 Å². The van der Waals surface area contributed by atoms with Crippen LogP contribution in [-0.2, 0) is 13.1 Å². The Morgan fingerprint density at radius 2 is 1.47 bits per heavy atom. The van der Waals surface area contributed by atoms with Gasteiger partial charge in [-0.1, -0.05) is 48.2 Å².